The molecule has 1 aliphatic heterocycles. The van der Waals surface area contributed by atoms with E-state index in [9.17, 15) is 5.11 Å². The second kappa shape index (κ2) is 3.25. The first-order chi connectivity index (χ1) is 7.26. The number of nitrogens with zero attached hydrogens (tertiary/aromatic N) is 3. The van der Waals surface area contributed by atoms with E-state index in [2.05, 4.69) is 14.9 Å². The minimum Gasteiger partial charge on any atom is -0.387 e. The van der Waals surface area contributed by atoms with Gasteiger partial charge in [-0.1, -0.05) is 0 Å². The molecule has 3 rings (SSSR count). The predicted molar refractivity (Wildman–Crippen MR) is 55.0 cm³/mol. The molecule has 0 spiro atoms. The van der Waals surface area contributed by atoms with Crippen LogP contribution in [0.15, 0.2) is 18.5 Å². The Morgan fingerprint density at radius 3 is 2.60 bits per heavy atom. The average molecular weight is 205 g/mol. The van der Waals surface area contributed by atoms with Gasteiger partial charge in [-0.3, -0.25) is 4.90 Å². The molecule has 0 atom stereocenters. The summed E-state index contributed by atoms with van der Waals surface area (Å²) < 4.78 is 0. The highest BCUT2D eigenvalue weighted by Crippen LogP contribution is 2.44. The molecule has 0 aromatic carbocycles. The van der Waals surface area contributed by atoms with Crippen LogP contribution >= 0.6 is 0 Å². The van der Waals surface area contributed by atoms with Crippen molar-refractivity contribution in [2.75, 3.05) is 13.1 Å². The lowest BCUT2D eigenvalue weighted by molar-refractivity contribution is -0.117. The van der Waals surface area contributed by atoms with Crippen molar-refractivity contribution in [3.8, 4) is 0 Å². The molecule has 1 N–H and O–H groups in total. The summed E-state index contributed by atoms with van der Waals surface area (Å²) in [6.45, 7) is 2.34. The van der Waals surface area contributed by atoms with E-state index >= 15 is 0 Å². The minimum absolute atomic E-state index is 0.394. The summed E-state index contributed by atoms with van der Waals surface area (Å²) >= 11 is 0. The molecule has 2 heterocycles. The zero-order chi connectivity index (χ0) is 10.3. The Morgan fingerprint density at radius 1 is 1.33 bits per heavy atom. The number of hydrogen-bond acceptors (Lipinski definition) is 4. The number of likely N-dealkylation sites (tertiary alicyclic amines) is 1. The van der Waals surface area contributed by atoms with Crippen LogP contribution in [0, 0.1) is 5.92 Å². The SMILES string of the molecule is OC1(C2CC2)CN(Cc2ncccn2)C1. The van der Waals surface area contributed by atoms with Crippen LogP contribution in [-0.4, -0.2) is 38.7 Å². The van der Waals surface area contributed by atoms with Crippen LogP contribution in [0.25, 0.3) is 0 Å². The molecular formula is C11H15N3O. The Morgan fingerprint density at radius 2 is 2.00 bits per heavy atom. The summed E-state index contributed by atoms with van der Waals surface area (Å²) in [6, 6.07) is 1.82. The molecular weight excluding hydrogens is 190 g/mol. The van der Waals surface area contributed by atoms with Gasteiger partial charge < -0.3 is 5.11 Å². The Hall–Kier alpha value is -1.00. The summed E-state index contributed by atoms with van der Waals surface area (Å²) in [4.78, 5) is 10.6. The maximum absolute atomic E-state index is 10.1. The number of β-amino-alcohol motifs (C(OH)–C–C–N with tert-alkyl or cyclic N) is 1. The highest BCUT2D eigenvalue weighted by molar-refractivity contribution is 5.06. The zero-order valence-electron chi connectivity index (χ0n) is 8.63. The fraction of sp³-hybridized carbons (Fsp3) is 0.636. The fourth-order valence-electron chi connectivity index (χ4n) is 2.33. The smallest absolute Gasteiger partial charge is 0.142 e. The average Bonchev–Trinajstić information content (AvgIpc) is 3.00. The maximum Gasteiger partial charge on any atom is 0.142 e. The Bertz CT molecular complexity index is 344. The van der Waals surface area contributed by atoms with Crippen LogP contribution in [0.3, 0.4) is 0 Å². The molecule has 1 aliphatic carbocycles. The van der Waals surface area contributed by atoms with Crippen LogP contribution in [0.1, 0.15) is 18.7 Å². The summed E-state index contributed by atoms with van der Waals surface area (Å²) in [6.07, 6.45) is 5.92. The minimum atomic E-state index is -0.394. The van der Waals surface area contributed by atoms with Crippen molar-refractivity contribution in [2.45, 2.75) is 25.0 Å². The summed E-state index contributed by atoms with van der Waals surface area (Å²) in [5.74, 6) is 1.40. The number of rotatable bonds is 3. The normalized spacial score (nSPS) is 24.9. The van der Waals surface area contributed by atoms with Crippen LogP contribution in [-0.2, 0) is 6.54 Å². The number of aliphatic hydroxyl groups is 1. The van der Waals surface area contributed by atoms with Gasteiger partial charge in [-0.15, -0.1) is 0 Å². The highest BCUT2D eigenvalue weighted by atomic mass is 16.3. The summed E-state index contributed by atoms with van der Waals surface area (Å²) in [7, 11) is 0. The van der Waals surface area contributed by atoms with Gasteiger partial charge in [-0.05, 0) is 24.8 Å². The largest absolute Gasteiger partial charge is 0.387 e. The molecule has 0 bridgehead atoms. The lowest BCUT2D eigenvalue weighted by Crippen LogP contribution is -2.62. The molecule has 80 valence electrons. The highest BCUT2D eigenvalue weighted by Gasteiger charge is 2.51. The molecule has 1 saturated heterocycles. The summed E-state index contributed by atoms with van der Waals surface area (Å²) in [5, 5.41) is 10.1. The lowest BCUT2D eigenvalue weighted by Gasteiger charge is -2.46. The monoisotopic (exact) mass is 205 g/mol. The molecule has 15 heavy (non-hydrogen) atoms. The Labute approximate surface area is 89.0 Å². The Balaban J connectivity index is 1.55. The number of hydrogen-bond donors (Lipinski definition) is 1. The van der Waals surface area contributed by atoms with Gasteiger partial charge in [0.05, 0.1) is 12.1 Å². The van der Waals surface area contributed by atoms with Gasteiger partial charge in [-0.2, -0.15) is 0 Å². The number of aromatic nitrogens is 2. The van der Waals surface area contributed by atoms with Crippen LogP contribution < -0.4 is 0 Å². The van der Waals surface area contributed by atoms with Crippen molar-refractivity contribution in [2.24, 2.45) is 5.92 Å². The van der Waals surface area contributed by atoms with Crippen LogP contribution in [0.2, 0.25) is 0 Å². The van der Waals surface area contributed by atoms with E-state index in [0.29, 0.717) is 5.92 Å². The van der Waals surface area contributed by atoms with Crippen LogP contribution in [0.5, 0.6) is 0 Å². The van der Waals surface area contributed by atoms with E-state index in [4.69, 9.17) is 0 Å². The van der Waals surface area contributed by atoms with Crippen molar-refractivity contribution in [1.29, 1.82) is 0 Å². The van der Waals surface area contributed by atoms with E-state index in [1.54, 1.807) is 12.4 Å². The second-order valence-corrected chi connectivity index (χ2v) is 4.69. The van der Waals surface area contributed by atoms with Crippen molar-refractivity contribution in [3.63, 3.8) is 0 Å². The quantitative estimate of drug-likeness (QED) is 0.777. The van der Waals surface area contributed by atoms with Gasteiger partial charge >= 0.3 is 0 Å². The van der Waals surface area contributed by atoms with E-state index < -0.39 is 5.60 Å². The van der Waals surface area contributed by atoms with E-state index in [1.807, 2.05) is 6.07 Å². The van der Waals surface area contributed by atoms with Crippen molar-refractivity contribution in [3.05, 3.63) is 24.3 Å². The van der Waals surface area contributed by atoms with Crippen molar-refractivity contribution in [1.82, 2.24) is 14.9 Å². The molecule has 1 aromatic heterocycles. The molecule has 0 amide bonds. The third-order valence-corrected chi connectivity index (χ3v) is 3.32. The molecule has 0 radical (unpaired) electrons. The first-order valence-corrected chi connectivity index (χ1v) is 5.47. The molecule has 4 heteroatoms. The standard InChI is InChI=1S/C11H15N3O/c15-11(9-2-3-9)7-14(8-11)6-10-12-4-1-5-13-10/h1,4-5,9,15H,2-3,6-8H2. The van der Waals surface area contributed by atoms with Crippen molar-refractivity contribution >= 4 is 0 Å². The summed E-state index contributed by atoms with van der Waals surface area (Å²) in [5.41, 5.74) is -0.394. The molecule has 2 aliphatic rings. The topological polar surface area (TPSA) is 49.2 Å². The third-order valence-electron chi connectivity index (χ3n) is 3.32. The molecule has 2 fully saturated rings. The third kappa shape index (κ3) is 1.75. The molecule has 1 saturated carbocycles. The van der Waals surface area contributed by atoms with Gasteiger partial charge in [0.2, 0.25) is 0 Å². The van der Waals surface area contributed by atoms with E-state index in [1.165, 1.54) is 12.8 Å². The molecule has 0 unspecified atom stereocenters. The van der Waals surface area contributed by atoms with Gasteiger partial charge in [0.15, 0.2) is 0 Å². The van der Waals surface area contributed by atoms with Gasteiger partial charge in [0, 0.05) is 25.5 Å². The molecule has 4 nitrogen and oxygen atoms in total. The van der Waals surface area contributed by atoms with Crippen LogP contribution in [0.4, 0.5) is 0 Å². The maximum atomic E-state index is 10.1. The lowest BCUT2D eigenvalue weighted by atomic mass is 9.89. The first kappa shape index (κ1) is 9.24. The van der Waals surface area contributed by atoms with Gasteiger partial charge in [-0.25, -0.2) is 9.97 Å². The predicted octanol–water partition coefficient (Wildman–Crippen LogP) is 0.433. The first-order valence-electron chi connectivity index (χ1n) is 5.47. The van der Waals surface area contributed by atoms with Gasteiger partial charge in [0.25, 0.3) is 0 Å². The fourth-order valence-corrected chi connectivity index (χ4v) is 2.33. The van der Waals surface area contributed by atoms with Gasteiger partial charge in [0.1, 0.15) is 5.82 Å². The second-order valence-electron chi connectivity index (χ2n) is 4.69. The molecule has 1 aromatic rings. The van der Waals surface area contributed by atoms with Crippen molar-refractivity contribution < 1.29 is 5.11 Å². The zero-order valence-corrected chi connectivity index (χ0v) is 8.63. The van der Waals surface area contributed by atoms with E-state index in [0.717, 1.165) is 25.5 Å². The van der Waals surface area contributed by atoms with E-state index in [-0.39, 0.29) is 0 Å². The Kier molecular flexibility index (Phi) is 2.00.